The highest BCUT2D eigenvalue weighted by Gasteiger charge is 2.29. The first-order valence-electron chi connectivity index (χ1n) is 6.16. The number of oxime groups is 1. The van der Waals surface area contributed by atoms with Crippen molar-refractivity contribution in [3.05, 3.63) is 65.2 Å². The molecule has 0 aromatic heterocycles. The fourth-order valence-electron chi connectivity index (χ4n) is 1.73. The minimum absolute atomic E-state index is 0.263. The molecule has 2 aromatic carbocycles. The number of carbonyl (C=O) groups excluding carboxylic acids is 1. The topological polar surface area (TPSA) is 61.7 Å². The Hall–Kier alpha value is -2.83. The highest BCUT2D eigenvalue weighted by atomic mass is 19.4. The molecule has 1 amide bonds. The van der Waals surface area contributed by atoms with Crippen LogP contribution in [0.25, 0.3) is 0 Å². The molecule has 0 unspecified atom stereocenters. The Labute approximate surface area is 123 Å². The summed E-state index contributed by atoms with van der Waals surface area (Å²) in [4.78, 5) is 11.9. The maximum atomic E-state index is 12.4. The summed E-state index contributed by atoms with van der Waals surface area (Å²) in [6.07, 6.45) is -3.20. The molecule has 2 rings (SSSR count). The van der Waals surface area contributed by atoms with Crippen molar-refractivity contribution in [2.45, 2.75) is 6.18 Å². The number of nitrogens with one attached hydrogen (secondary N) is 1. The molecule has 7 heteroatoms. The molecular formula is C15H11F3N2O2. The molecule has 0 radical (unpaired) electrons. The van der Waals surface area contributed by atoms with Crippen molar-refractivity contribution in [3.63, 3.8) is 0 Å². The Balaban J connectivity index is 2.08. The Morgan fingerprint density at radius 3 is 2.14 bits per heavy atom. The number of carbonyl (C=O) groups is 1. The maximum Gasteiger partial charge on any atom is 0.416 e. The van der Waals surface area contributed by atoms with Crippen LogP contribution in [0.4, 0.5) is 18.9 Å². The van der Waals surface area contributed by atoms with Crippen LogP contribution in [0.3, 0.4) is 0 Å². The summed E-state index contributed by atoms with van der Waals surface area (Å²) >= 11 is 0. The summed E-state index contributed by atoms with van der Waals surface area (Å²) in [5, 5.41) is 13.7. The smallest absolute Gasteiger partial charge is 0.411 e. The molecular weight excluding hydrogens is 297 g/mol. The molecule has 0 spiro atoms. The first-order valence-corrected chi connectivity index (χ1v) is 6.16. The summed E-state index contributed by atoms with van der Waals surface area (Å²) in [5.74, 6) is -0.452. The summed E-state index contributed by atoms with van der Waals surface area (Å²) in [5.41, 5.74) is 0.417. The molecule has 0 aliphatic heterocycles. The number of hydrogen-bond donors (Lipinski definition) is 2. The predicted molar refractivity (Wildman–Crippen MR) is 75.2 cm³/mol. The summed E-state index contributed by atoms with van der Waals surface area (Å²) in [6.45, 7) is 0. The van der Waals surface area contributed by atoms with Gasteiger partial charge in [-0.1, -0.05) is 17.3 Å². The Kier molecular flexibility index (Phi) is 4.45. The maximum absolute atomic E-state index is 12.4. The highest BCUT2D eigenvalue weighted by molar-refractivity contribution is 6.04. The third-order valence-electron chi connectivity index (χ3n) is 2.85. The van der Waals surface area contributed by atoms with E-state index in [0.29, 0.717) is 11.1 Å². The molecule has 2 aromatic rings. The second-order valence-electron chi connectivity index (χ2n) is 4.40. The highest BCUT2D eigenvalue weighted by Crippen LogP contribution is 2.29. The van der Waals surface area contributed by atoms with Crippen molar-refractivity contribution in [3.8, 4) is 0 Å². The van der Waals surface area contributed by atoms with E-state index in [1.165, 1.54) is 30.5 Å². The van der Waals surface area contributed by atoms with Crippen LogP contribution in [0.15, 0.2) is 53.7 Å². The van der Waals surface area contributed by atoms with Crippen molar-refractivity contribution in [2.75, 3.05) is 5.32 Å². The van der Waals surface area contributed by atoms with E-state index in [-0.39, 0.29) is 5.69 Å². The first-order chi connectivity index (χ1) is 10.4. The van der Waals surface area contributed by atoms with Crippen LogP contribution >= 0.6 is 0 Å². The zero-order valence-corrected chi connectivity index (χ0v) is 11.1. The van der Waals surface area contributed by atoms with E-state index in [1.54, 1.807) is 12.1 Å². The lowest BCUT2D eigenvalue weighted by atomic mass is 10.1. The van der Waals surface area contributed by atoms with Gasteiger partial charge in [-0.3, -0.25) is 4.79 Å². The van der Waals surface area contributed by atoms with Gasteiger partial charge in [-0.05, 0) is 42.0 Å². The van der Waals surface area contributed by atoms with E-state index in [0.717, 1.165) is 12.1 Å². The lowest BCUT2D eigenvalue weighted by Gasteiger charge is -2.09. The van der Waals surface area contributed by atoms with Crippen LogP contribution in [0.5, 0.6) is 0 Å². The molecule has 0 bridgehead atoms. The van der Waals surface area contributed by atoms with E-state index in [2.05, 4.69) is 10.5 Å². The Morgan fingerprint density at radius 2 is 1.64 bits per heavy atom. The summed E-state index contributed by atoms with van der Waals surface area (Å²) in [7, 11) is 0. The van der Waals surface area contributed by atoms with Gasteiger partial charge >= 0.3 is 6.18 Å². The summed E-state index contributed by atoms with van der Waals surface area (Å²) < 4.78 is 37.3. The van der Waals surface area contributed by atoms with Crippen LogP contribution in [-0.2, 0) is 6.18 Å². The van der Waals surface area contributed by atoms with E-state index in [9.17, 15) is 18.0 Å². The van der Waals surface area contributed by atoms with Gasteiger partial charge in [-0.25, -0.2) is 0 Å². The number of anilines is 1. The van der Waals surface area contributed by atoms with Gasteiger partial charge in [-0.15, -0.1) is 0 Å². The van der Waals surface area contributed by atoms with E-state index in [4.69, 9.17) is 5.21 Å². The number of amides is 1. The normalized spacial score (nSPS) is 11.6. The van der Waals surface area contributed by atoms with Crippen LogP contribution < -0.4 is 5.32 Å². The van der Waals surface area contributed by atoms with Crippen LogP contribution in [0.2, 0.25) is 0 Å². The second-order valence-corrected chi connectivity index (χ2v) is 4.40. The number of nitrogens with zero attached hydrogens (tertiary/aromatic N) is 1. The van der Waals surface area contributed by atoms with Gasteiger partial charge in [0.2, 0.25) is 0 Å². The monoisotopic (exact) mass is 308 g/mol. The zero-order chi connectivity index (χ0) is 16.2. The molecule has 0 saturated heterocycles. The standard InChI is InChI=1S/C15H11F3N2O2/c16-15(17,18)12-5-7-13(8-6-12)20-14(21)11-3-1-10(2-4-11)9-19-22/h1-9,22H,(H,20,21)/b19-9+. The van der Waals surface area contributed by atoms with Crippen molar-refractivity contribution >= 4 is 17.8 Å². The molecule has 2 N–H and O–H groups in total. The molecule has 0 aliphatic carbocycles. The first kappa shape index (κ1) is 15.6. The molecule has 0 saturated carbocycles. The summed E-state index contributed by atoms with van der Waals surface area (Å²) in [6, 6.07) is 10.3. The van der Waals surface area contributed by atoms with Crippen molar-refractivity contribution in [2.24, 2.45) is 5.16 Å². The predicted octanol–water partition coefficient (Wildman–Crippen LogP) is 3.77. The van der Waals surface area contributed by atoms with Crippen LogP contribution in [-0.4, -0.2) is 17.3 Å². The molecule has 114 valence electrons. The lowest BCUT2D eigenvalue weighted by molar-refractivity contribution is -0.137. The van der Waals surface area contributed by atoms with Crippen molar-refractivity contribution in [1.82, 2.24) is 0 Å². The third-order valence-corrected chi connectivity index (χ3v) is 2.85. The quantitative estimate of drug-likeness (QED) is 0.515. The largest absolute Gasteiger partial charge is 0.416 e. The van der Waals surface area contributed by atoms with Crippen molar-refractivity contribution < 1.29 is 23.2 Å². The molecule has 0 aliphatic rings. The Bertz CT molecular complexity index is 677. The average Bonchev–Trinajstić information content (AvgIpc) is 2.48. The van der Waals surface area contributed by atoms with Gasteiger partial charge in [0.25, 0.3) is 5.91 Å². The number of halogens is 3. The fraction of sp³-hybridized carbons (Fsp3) is 0.0667. The van der Waals surface area contributed by atoms with Gasteiger partial charge in [0.05, 0.1) is 11.8 Å². The number of benzene rings is 2. The number of alkyl halides is 3. The molecule has 0 heterocycles. The molecule has 22 heavy (non-hydrogen) atoms. The average molecular weight is 308 g/mol. The molecule has 4 nitrogen and oxygen atoms in total. The number of hydrogen-bond acceptors (Lipinski definition) is 3. The van der Waals surface area contributed by atoms with Crippen molar-refractivity contribution in [1.29, 1.82) is 0 Å². The van der Waals surface area contributed by atoms with Gasteiger partial charge < -0.3 is 10.5 Å². The fourth-order valence-corrected chi connectivity index (χ4v) is 1.73. The van der Waals surface area contributed by atoms with E-state index in [1.807, 2.05) is 0 Å². The minimum atomic E-state index is -4.41. The molecule has 0 fully saturated rings. The Morgan fingerprint density at radius 1 is 1.05 bits per heavy atom. The lowest BCUT2D eigenvalue weighted by Crippen LogP contribution is -2.12. The van der Waals surface area contributed by atoms with Gasteiger partial charge in [0, 0.05) is 11.3 Å². The van der Waals surface area contributed by atoms with Crippen LogP contribution in [0, 0.1) is 0 Å². The van der Waals surface area contributed by atoms with Gasteiger partial charge in [-0.2, -0.15) is 13.2 Å². The van der Waals surface area contributed by atoms with Crippen LogP contribution in [0.1, 0.15) is 21.5 Å². The zero-order valence-electron chi connectivity index (χ0n) is 11.1. The number of rotatable bonds is 3. The SMILES string of the molecule is O=C(Nc1ccc(C(F)(F)F)cc1)c1ccc(/C=N/O)cc1. The van der Waals surface area contributed by atoms with Gasteiger partial charge in [0.15, 0.2) is 0 Å². The third kappa shape index (κ3) is 3.85. The van der Waals surface area contributed by atoms with Gasteiger partial charge in [0.1, 0.15) is 0 Å². The second kappa shape index (κ2) is 6.30. The van der Waals surface area contributed by atoms with E-state index >= 15 is 0 Å². The molecule has 0 atom stereocenters. The minimum Gasteiger partial charge on any atom is -0.411 e. The van der Waals surface area contributed by atoms with E-state index < -0.39 is 17.6 Å².